The number of aromatic nitrogens is 2. The van der Waals surface area contributed by atoms with Crippen LogP contribution in [-0.2, 0) is 22.7 Å². The lowest BCUT2D eigenvalue weighted by Crippen LogP contribution is -2.37. The fourth-order valence-electron chi connectivity index (χ4n) is 2.04. The number of unbranched alkanes of at least 4 members (excludes halogenated alkanes) is 1. The number of nitrogens with zero attached hydrogens (tertiary/aromatic N) is 3. The van der Waals surface area contributed by atoms with Gasteiger partial charge in [0.1, 0.15) is 10.9 Å². The van der Waals surface area contributed by atoms with E-state index in [0.29, 0.717) is 28.7 Å². The number of hydrogen-bond acceptors (Lipinski definition) is 5. The zero-order valence-electron chi connectivity index (χ0n) is 14.1. The van der Waals surface area contributed by atoms with Gasteiger partial charge >= 0.3 is 11.8 Å². The maximum Gasteiger partial charge on any atom is 0.329 e. The first-order chi connectivity index (χ1) is 12.0. The predicted octanol–water partition coefficient (Wildman–Crippen LogP) is 2.00. The maximum atomic E-state index is 11.7. The van der Waals surface area contributed by atoms with Gasteiger partial charge in [-0.3, -0.25) is 14.3 Å². The van der Waals surface area contributed by atoms with E-state index in [0.717, 1.165) is 12.8 Å². The molecule has 25 heavy (non-hydrogen) atoms. The number of carbonyl (C=O) groups excluding carboxylic acids is 2. The van der Waals surface area contributed by atoms with Crippen molar-refractivity contribution in [1.29, 1.82) is 0 Å². The SMILES string of the molecule is CCCCn1nc(C)c(/C=N\NC(=O)C(=O)NCc2ccco2)c1Cl. The Hall–Kier alpha value is -2.61. The highest BCUT2D eigenvalue weighted by molar-refractivity contribution is 6.35. The van der Waals surface area contributed by atoms with E-state index in [9.17, 15) is 9.59 Å². The van der Waals surface area contributed by atoms with Crippen LogP contribution in [0.25, 0.3) is 0 Å². The molecule has 0 radical (unpaired) electrons. The van der Waals surface area contributed by atoms with Crippen molar-refractivity contribution < 1.29 is 14.0 Å². The number of halogens is 1. The molecule has 0 aliphatic carbocycles. The zero-order valence-corrected chi connectivity index (χ0v) is 14.8. The molecule has 0 atom stereocenters. The number of rotatable bonds is 7. The summed E-state index contributed by atoms with van der Waals surface area (Å²) in [7, 11) is 0. The van der Waals surface area contributed by atoms with Gasteiger partial charge in [-0.2, -0.15) is 10.2 Å². The van der Waals surface area contributed by atoms with Gasteiger partial charge in [0.05, 0.1) is 30.3 Å². The van der Waals surface area contributed by atoms with E-state index in [1.807, 2.05) is 0 Å². The molecule has 2 aromatic rings. The van der Waals surface area contributed by atoms with E-state index >= 15 is 0 Å². The summed E-state index contributed by atoms with van der Waals surface area (Å²) in [5, 5.41) is 11.0. The Morgan fingerprint density at radius 2 is 2.24 bits per heavy atom. The van der Waals surface area contributed by atoms with E-state index in [-0.39, 0.29) is 6.54 Å². The second-order valence-electron chi connectivity index (χ2n) is 5.33. The van der Waals surface area contributed by atoms with Gasteiger partial charge in [-0.05, 0) is 25.5 Å². The number of hydrogen-bond donors (Lipinski definition) is 2. The number of aryl methyl sites for hydroxylation is 2. The molecule has 0 saturated heterocycles. The number of furan rings is 1. The van der Waals surface area contributed by atoms with E-state index in [4.69, 9.17) is 16.0 Å². The molecule has 0 saturated carbocycles. The molecule has 8 nitrogen and oxygen atoms in total. The molecule has 2 aromatic heterocycles. The minimum Gasteiger partial charge on any atom is -0.467 e. The summed E-state index contributed by atoms with van der Waals surface area (Å²) in [5.74, 6) is -1.14. The molecule has 0 spiro atoms. The molecule has 0 aliphatic heterocycles. The summed E-state index contributed by atoms with van der Waals surface area (Å²) >= 11 is 6.26. The Balaban J connectivity index is 1.88. The van der Waals surface area contributed by atoms with Gasteiger partial charge in [-0.25, -0.2) is 5.43 Å². The molecule has 0 bridgehead atoms. The molecule has 2 N–H and O–H groups in total. The van der Waals surface area contributed by atoms with Crippen LogP contribution in [0.1, 0.15) is 36.8 Å². The van der Waals surface area contributed by atoms with Crippen molar-refractivity contribution in [2.45, 2.75) is 39.8 Å². The van der Waals surface area contributed by atoms with Crippen molar-refractivity contribution in [1.82, 2.24) is 20.5 Å². The first kappa shape index (κ1) is 18.7. The highest BCUT2D eigenvalue weighted by atomic mass is 35.5. The van der Waals surface area contributed by atoms with Crippen LogP contribution in [0.3, 0.4) is 0 Å². The Morgan fingerprint density at radius 1 is 1.44 bits per heavy atom. The molecule has 9 heteroatoms. The van der Waals surface area contributed by atoms with Crippen molar-refractivity contribution in [3.8, 4) is 0 Å². The van der Waals surface area contributed by atoms with Crippen molar-refractivity contribution >= 4 is 29.6 Å². The third-order valence-corrected chi connectivity index (χ3v) is 3.80. The molecule has 0 aromatic carbocycles. The Labute approximate surface area is 150 Å². The van der Waals surface area contributed by atoms with Gasteiger partial charge < -0.3 is 9.73 Å². The quantitative estimate of drug-likeness (QED) is 0.445. The number of hydrazone groups is 1. The first-order valence-corrected chi connectivity index (χ1v) is 8.27. The molecular weight excluding hydrogens is 346 g/mol. The molecule has 0 aliphatic rings. The number of amides is 2. The van der Waals surface area contributed by atoms with Gasteiger partial charge in [-0.15, -0.1) is 0 Å². The van der Waals surface area contributed by atoms with E-state index in [2.05, 4.69) is 27.9 Å². The monoisotopic (exact) mass is 365 g/mol. The number of nitrogens with one attached hydrogen (secondary N) is 2. The fraction of sp³-hybridized carbons (Fsp3) is 0.375. The molecule has 0 fully saturated rings. The molecular formula is C16H20ClN5O3. The minimum atomic E-state index is -0.880. The van der Waals surface area contributed by atoms with Crippen LogP contribution in [0, 0.1) is 6.92 Å². The fourth-order valence-corrected chi connectivity index (χ4v) is 2.34. The average Bonchev–Trinajstić information content (AvgIpc) is 3.20. The highest BCUT2D eigenvalue weighted by Gasteiger charge is 2.14. The van der Waals surface area contributed by atoms with Gasteiger partial charge in [0, 0.05) is 6.54 Å². The Morgan fingerprint density at radius 3 is 2.92 bits per heavy atom. The molecule has 2 rings (SSSR count). The van der Waals surface area contributed by atoms with E-state index in [1.165, 1.54) is 12.5 Å². The van der Waals surface area contributed by atoms with Crippen LogP contribution in [0.4, 0.5) is 0 Å². The summed E-state index contributed by atoms with van der Waals surface area (Å²) in [6.07, 6.45) is 4.86. The molecule has 2 heterocycles. The van der Waals surface area contributed by atoms with Crippen molar-refractivity contribution in [3.63, 3.8) is 0 Å². The Bertz CT molecular complexity index is 752. The number of carbonyl (C=O) groups is 2. The smallest absolute Gasteiger partial charge is 0.329 e. The topological polar surface area (TPSA) is 102 Å². The minimum absolute atomic E-state index is 0.123. The summed E-state index contributed by atoms with van der Waals surface area (Å²) in [5.41, 5.74) is 3.46. The van der Waals surface area contributed by atoms with Gasteiger partial charge in [0.15, 0.2) is 0 Å². The lowest BCUT2D eigenvalue weighted by Gasteiger charge is -2.02. The van der Waals surface area contributed by atoms with Crippen LogP contribution in [0.5, 0.6) is 0 Å². The third kappa shape index (κ3) is 5.18. The van der Waals surface area contributed by atoms with Crippen molar-refractivity contribution in [3.05, 3.63) is 40.6 Å². The predicted molar refractivity (Wildman–Crippen MR) is 93.2 cm³/mol. The second kappa shape index (κ2) is 9.03. The lowest BCUT2D eigenvalue weighted by atomic mass is 10.3. The largest absolute Gasteiger partial charge is 0.467 e. The molecule has 134 valence electrons. The first-order valence-electron chi connectivity index (χ1n) is 7.89. The molecule has 2 amide bonds. The Kier molecular flexibility index (Phi) is 6.76. The maximum absolute atomic E-state index is 11.7. The van der Waals surface area contributed by atoms with Gasteiger partial charge in [0.25, 0.3) is 0 Å². The van der Waals surface area contributed by atoms with Gasteiger partial charge in [0.2, 0.25) is 0 Å². The van der Waals surface area contributed by atoms with Crippen LogP contribution in [-0.4, -0.2) is 27.8 Å². The highest BCUT2D eigenvalue weighted by Crippen LogP contribution is 2.18. The normalized spacial score (nSPS) is 11.0. The van der Waals surface area contributed by atoms with Crippen LogP contribution in [0.2, 0.25) is 5.15 Å². The van der Waals surface area contributed by atoms with E-state index in [1.54, 1.807) is 23.7 Å². The summed E-state index contributed by atoms with van der Waals surface area (Å²) in [6, 6.07) is 3.38. The summed E-state index contributed by atoms with van der Waals surface area (Å²) < 4.78 is 6.75. The lowest BCUT2D eigenvalue weighted by molar-refractivity contribution is -0.139. The van der Waals surface area contributed by atoms with Crippen LogP contribution in [0.15, 0.2) is 27.9 Å². The van der Waals surface area contributed by atoms with Gasteiger partial charge in [-0.1, -0.05) is 24.9 Å². The third-order valence-electron chi connectivity index (χ3n) is 3.40. The molecule has 0 unspecified atom stereocenters. The zero-order chi connectivity index (χ0) is 18.2. The van der Waals surface area contributed by atoms with Crippen LogP contribution < -0.4 is 10.7 Å². The van der Waals surface area contributed by atoms with Crippen molar-refractivity contribution in [2.75, 3.05) is 0 Å². The average molecular weight is 366 g/mol. The van der Waals surface area contributed by atoms with Crippen molar-refractivity contribution in [2.24, 2.45) is 5.10 Å². The summed E-state index contributed by atoms with van der Waals surface area (Å²) in [4.78, 5) is 23.3. The van der Waals surface area contributed by atoms with E-state index < -0.39 is 11.8 Å². The van der Waals surface area contributed by atoms with Crippen LogP contribution >= 0.6 is 11.6 Å². The summed E-state index contributed by atoms with van der Waals surface area (Å²) in [6.45, 7) is 4.72. The standard InChI is InChI=1S/C16H20ClN5O3/c1-3-4-7-22-14(17)13(11(2)21-22)10-19-20-16(24)15(23)18-9-12-6-5-8-25-12/h5-6,8,10H,3-4,7,9H2,1-2H3,(H,18,23)(H,20,24)/b19-10-. The second-order valence-corrected chi connectivity index (χ2v) is 5.69.